The van der Waals surface area contributed by atoms with Crippen molar-refractivity contribution in [2.45, 2.75) is 11.7 Å². The van der Waals surface area contributed by atoms with Gasteiger partial charge in [-0.05, 0) is 24.1 Å². The van der Waals surface area contributed by atoms with E-state index in [9.17, 15) is 9.59 Å². The van der Waals surface area contributed by atoms with Gasteiger partial charge < -0.3 is 14.2 Å². The Bertz CT molecular complexity index is 1050. The Hall–Kier alpha value is -3.14. The highest BCUT2D eigenvalue weighted by molar-refractivity contribution is 8.15. The van der Waals surface area contributed by atoms with E-state index in [1.54, 1.807) is 6.33 Å². The van der Waals surface area contributed by atoms with E-state index in [0.717, 1.165) is 40.1 Å². The molecule has 0 aliphatic carbocycles. The Labute approximate surface area is 171 Å². The van der Waals surface area contributed by atoms with Gasteiger partial charge in [0.1, 0.15) is 18.7 Å². The summed E-state index contributed by atoms with van der Waals surface area (Å²) >= 11 is 1.04. The monoisotopic (exact) mass is 412 g/mol. The lowest BCUT2D eigenvalue weighted by Gasteiger charge is -2.18. The summed E-state index contributed by atoms with van der Waals surface area (Å²) in [6, 6.07) is 7.57. The number of nitrogens with zero attached hydrogens (tertiary/aromatic N) is 5. The number of hydrogen-bond donors (Lipinski definition) is 1. The van der Waals surface area contributed by atoms with Gasteiger partial charge in [0.25, 0.3) is 5.24 Å². The molecule has 1 atom stereocenters. The number of amides is 2. The van der Waals surface area contributed by atoms with Crippen molar-refractivity contribution in [2.75, 3.05) is 25.1 Å². The maximum atomic E-state index is 11.7. The van der Waals surface area contributed by atoms with E-state index in [4.69, 9.17) is 4.74 Å². The summed E-state index contributed by atoms with van der Waals surface area (Å²) in [5.41, 5.74) is 2.53. The number of imidazole rings is 1. The van der Waals surface area contributed by atoms with Crippen LogP contribution in [0.15, 0.2) is 36.9 Å². The van der Waals surface area contributed by atoms with E-state index in [0.29, 0.717) is 19.6 Å². The average Bonchev–Trinajstić information content (AvgIpc) is 3.24. The summed E-state index contributed by atoms with van der Waals surface area (Å²) in [6.07, 6.45) is 3.77. The van der Waals surface area contributed by atoms with E-state index >= 15 is 0 Å². The first kappa shape index (κ1) is 19.2. The number of aryl methyl sites for hydroxylation is 1. The molecule has 1 N–H and O–H groups in total. The molecule has 3 heterocycles. The van der Waals surface area contributed by atoms with Crippen molar-refractivity contribution in [3.63, 3.8) is 0 Å². The highest BCUT2D eigenvalue weighted by Gasteiger charge is 2.31. The number of likely N-dealkylation sites (N-methyl/N-ethyl adjacent to an activating group) is 1. The molecule has 0 spiro atoms. The van der Waals surface area contributed by atoms with Crippen LogP contribution in [0.3, 0.4) is 0 Å². The third kappa shape index (κ3) is 4.16. The van der Waals surface area contributed by atoms with Crippen LogP contribution in [0, 0.1) is 0 Å². The molecular weight excluding hydrogens is 392 g/mol. The normalized spacial score (nSPS) is 16.3. The Morgan fingerprint density at radius 1 is 1.21 bits per heavy atom. The second-order valence-electron chi connectivity index (χ2n) is 6.73. The topological polar surface area (TPSA) is 102 Å². The fourth-order valence-electron chi connectivity index (χ4n) is 3.08. The van der Waals surface area contributed by atoms with Gasteiger partial charge in [-0.3, -0.25) is 14.9 Å². The molecule has 2 amide bonds. The predicted molar refractivity (Wildman–Crippen MR) is 110 cm³/mol. The molecule has 2 aromatic heterocycles. The molecule has 4 rings (SSSR count). The number of aromatic nitrogens is 4. The highest BCUT2D eigenvalue weighted by atomic mass is 32.2. The number of hydrogen-bond acceptors (Lipinski definition) is 8. The zero-order valence-corrected chi connectivity index (χ0v) is 16.8. The number of imide groups is 1. The fourth-order valence-corrected chi connectivity index (χ4v) is 3.94. The molecule has 0 saturated carbocycles. The molecule has 0 bridgehead atoms. The summed E-state index contributed by atoms with van der Waals surface area (Å²) in [4.78, 5) is 37.9. The van der Waals surface area contributed by atoms with Crippen LogP contribution < -0.4 is 15.0 Å². The van der Waals surface area contributed by atoms with Gasteiger partial charge in [0, 0.05) is 14.1 Å². The van der Waals surface area contributed by atoms with Gasteiger partial charge in [0.05, 0.1) is 18.1 Å². The van der Waals surface area contributed by atoms with Crippen molar-refractivity contribution in [1.29, 1.82) is 0 Å². The maximum Gasteiger partial charge on any atom is 0.286 e. The van der Waals surface area contributed by atoms with Crippen LogP contribution in [0.1, 0.15) is 5.56 Å². The number of anilines is 1. The summed E-state index contributed by atoms with van der Waals surface area (Å²) < 4.78 is 7.69. The second-order valence-corrected chi connectivity index (χ2v) is 7.90. The van der Waals surface area contributed by atoms with Gasteiger partial charge in [-0.2, -0.15) is 0 Å². The Morgan fingerprint density at radius 2 is 2.00 bits per heavy atom. The number of fused-ring (bicyclic) bond motifs is 1. The molecule has 9 nitrogen and oxygen atoms in total. The first-order valence-corrected chi connectivity index (χ1v) is 9.95. The highest BCUT2D eigenvalue weighted by Crippen LogP contribution is 2.24. The Kier molecular flexibility index (Phi) is 5.34. The third-order valence-corrected chi connectivity index (χ3v) is 5.63. The van der Waals surface area contributed by atoms with Crippen LogP contribution in [0.5, 0.6) is 5.75 Å². The molecule has 10 heteroatoms. The molecule has 3 aromatic rings. The smallest absolute Gasteiger partial charge is 0.286 e. The lowest BCUT2D eigenvalue weighted by molar-refractivity contribution is -0.118. The van der Waals surface area contributed by atoms with E-state index in [1.807, 2.05) is 47.8 Å². The molecule has 1 aliphatic heterocycles. The van der Waals surface area contributed by atoms with Crippen molar-refractivity contribution in [2.24, 2.45) is 7.05 Å². The average molecular weight is 412 g/mol. The zero-order valence-electron chi connectivity index (χ0n) is 16.0. The van der Waals surface area contributed by atoms with Gasteiger partial charge in [0.2, 0.25) is 5.91 Å². The number of rotatable bonds is 7. The lowest BCUT2D eigenvalue weighted by Crippen LogP contribution is -2.25. The molecule has 150 valence electrons. The fraction of sp³-hybridized carbons (Fsp3) is 0.316. The Morgan fingerprint density at radius 3 is 2.72 bits per heavy atom. The maximum absolute atomic E-state index is 11.7. The molecule has 0 radical (unpaired) electrons. The van der Waals surface area contributed by atoms with Crippen molar-refractivity contribution in [3.8, 4) is 5.75 Å². The summed E-state index contributed by atoms with van der Waals surface area (Å²) in [5, 5.41) is 1.66. The van der Waals surface area contributed by atoms with Gasteiger partial charge in [0.15, 0.2) is 17.0 Å². The first-order valence-electron chi connectivity index (χ1n) is 9.07. The molecular formula is C19H20N6O3S. The van der Waals surface area contributed by atoms with Crippen molar-refractivity contribution in [3.05, 3.63) is 42.5 Å². The quantitative estimate of drug-likeness (QED) is 0.626. The van der Waals surface area contributed by atoms with E-state index in [-0.39, 0.29) is 16.4 Å². The van der Waals surface area contributed by atoms with Crippen LogP contribution in [0.4, 0.5) is 10.6 Å². The zero-order chi connectivity index (χ0) is 20.4. The third-order valence-electron chi connectivity index (χ3n) is 4.65. The van der Waals surface area contributed by atoms with Gasteiger partial charge in [-0.15, -0.1) is 0 Å². The van der Waals surface area contributed by atoms with E-state index in [2.05, 4.69) is 20.3 Å². The molecule has 1 aromatic carbocycles. The van der Waals surface area contributed by atoms with E-state index < -0.39 is 0 Å². The first-order chi connectivity index (χ1) is 14.0. The number of ether oxygens (including phenoxy) is 1. The molecule has 1 aliphatic rings. The number of nitrogens with one attached hydrogen (secondary N) is 1. The van der Waals surface area contributed by atoms with Gasteiger partial charge in [-0.1, -0.05) is 23.9 Å². The molecule has 1 unspecified atom stereocenters. The molecule has 1 fully saturated rings. The minimum atomic E-state index is -0.362. The van der Waals surface area contributed by atoms with Crippen LogP contribution in [-0.4, -0.2) is 56.1 Å². The number of thioether (sulfide) groups is 1. The van der Waals surface area contributed by atoms with Crippen LogP contribution in [0.25, 0.3) is 11.2 Å². The lowest BCUT2D eigenvalue weighted by atomic mass is 10.1. The largest absolute Gasteiger partial charge is 0.492 e. The number of carbonyl (C=O) groups is 2. The number of benzene rings is 1. The SMILES string of the molecule is CN(CCOc1ccc(CC2SC(=O)NC2=O)cc1)c1ncnc2c1ncn2C. The van der Waals surface area contributed by atoms with E-state index in [1.165, 1.54) is 6.33 Å². The predicted octanol–water partition coefficient (Wildman–Crippen LogP) is 1.77. The van der Waals surface area contributed by atoms with Crippen molar-refractivity contribution >= 4 is 39.9 Å². The summed E-state index contributed by atoms with van der Waals surface area (Å²) in [7, 11) is 3.84. The summed E-state index contributed by atoms with van der Waals surface area (Å²) in [5.74, 6) is 1.28. The van der Waals surface area contributed by atoms with Crippen LogP contribution in [0.2, 0.25) is 0 Å². The number of carbonyl (C=O) groups excluding carboxylic acids is 2. The van der Waals surface area contributed by atoms with Crippen molar-refractivity contribution in [1.82, 2.24) is 24.8 Å². The summed E-state index contributed by atoms with van der Waals surface area (Å²) in [6.45, 7) is 1.11. The Balaban J connectivity index is 1.31. The van der Waals surface area contributed by atoms with Gasteiger partial charge in [-0.25, -0.2) is 15.0 Å². The van der Waals surface area contributed by atoms with Crippen molar-refractivity contribution < 1.29 is 14.3 Å². The molecule has 1 saturated heterocycles. The minimum Gasteiger partial charge on any atom is -0.492 e. The van der Waals surface area contributed by atoms with Crippen LogP contribution in [-0.2, 0) is 18.3 Å². The molecule has 29 heavy (non-hydrogen) atoms. The van der Waals surface area contributed by atoms with Gasteiger partial charge >= 0.3 is 0 Å². The second kappa shape index (κ2) is 8.08. The standard InChI is InChI=1S/C19H20N6O3S/c1-24(16-15-17(21-10-20-16)25(2)11-22-15)7-8-28-13-5-3-12(4-6-13)9-14-18(26)23-19(27)29-14/h3-6,10-11,14H,7-9H2,1-2H3,(H,23,26,27). The minimum absolute atomic E-state index is 0.227. The van der Waals surface area contributed by atoms with Crippen LogP contribution >= 0.6 is 11.8 Å².